The molecule has 1 aliphatic rings. The number of para-hydroxylation sites is 3. The monoisotopic (exact) mass is 680 g/mol. The Kier molecular flexibility index (Phi) is 10.4. The molecule has 11 heteroatoms. The van der Waals surface area contributed by atoms with Gasteiger partial charge in [-0.2, -0.15) is 0 Å². The zero-order chi connectivity index (χ0) is 35.4. The Hall–Kier alpha value is -4.90. The fourth-order valence-electron chi connectivity index (χ4n) is 7.01. The number of ether oxygens (including phenoxy) is 2. The van der Waals surface area contributed by atoms with Gasteiger partial charge in [0, 0.05) is 51.7 Å². The average molecular weight is 681 g/mol. The molecule has 0 saturated carbocycles. The predicted molar refractivity (Wildman–Crippen MR) is 195 cm³/mol. The van der Waals surface area contributed by atoms with Gasteiger partial charge < -0.3 is 29.2 Å². The van der Waals surface area contributed by atoms with Crippen molar-refractivity contribution in [2.45, 2.75) is 83.9 Å². The summed E-state index contributed by atoms with van der Waals surface area (Å²) < 4.78 is 14.9. The van der Waals surface area contributed by atoms with Crippen molar-refractivity contribution < 1.29 is 19.1 Å². The molecular weight excluding hydrogens is 632 g/mol. The Morgan fingerprint density at radius 2 is 1.80 bits per heavy atom. The zero-order valence-electron chi connectivity index (χ0n) is 29.7. The molecule has 5 aromatic rings. The molecule has 50 heavy (non-hydrogen) atoms. The highest BCUT2D eigenvalue weighted by molar-refractivity contribution is 5.81. The molecule has 2 N–H and O–H groups in total. The van der Waals surface area contributed by atoms with E-state index < -0.39 is 17.7 Å². The van der Waals surface area contributed by atoms with Crippen LogP contribution in [0.15, 0.2) is 71.5 Å². The van der Waals surface area contributed by atoms with E-state index in [1.807, 2.05) is 93.3 Å². The van der Waals surface area contributed by atoms with Gasteiger partial charge >= 0.3 is 11.8 Å². The summed E-state index contributed by atoms with van der Waals surface area (Å²) in [6, 6.07) is 21.2. The number of aryl methyl sites for hydroxylation is 2. The van der Waals surface area contributed by atoms with E-state index in [0.29, 0.717) is 26.1 Å². The number of imidazole rings is 2. The molecule has 6 rings (SSSR count). The predicted octanol–water partition coefficient (Wildman–Crippen LogP) is 6.25. The lowest BCUT2D eigenvalue weighted by atomic mass is 9.95. The molecule has 264 valence electrons. The molecule has 0 aliphatic carbocycles. The maximum atomic E-state index is 14.0. The van der Waals surface area contributed by atoms with Crippen LogP contribution < -0.4 is 11.0 Å². The van der Waals surface area contributed by atoms with Crippen molar-refractivity contribution in [2.24, 2.45) is 0 Å². The second kappa shape index (κ2) is 14.9. The first-order valence-corrected chi connectivity index (χ1v) is 17.5. The van der Waals surface area contributed by atoms with Crippen LogP contribution in [-0.2, 0) is 27.2 Å². The van der Waals surface area contributed by atoms with E-state index in [2.05, 4.69) is 20.9 Å². The van der Waals surface area contributed by atoms with Crippen molar-refractivity contribution in [3.63, 3.8) is 0 Å². The number of fused-ring (bicyclic) bond motifs is 2. The highest BCUT2D eigenvalue weighted by atomic mass is 16.6. The molecule has 2 amide bonds. The van der Waals surface area contributed by atoms with Crippen molar-refractivity contribution in [3.8, 4) is 5.69 Å². The van der Waals surface area contributed by atoms with Crippen molar-refractivity contribution >= 4 is 34.1 Å². The minimum atomic E-state index is -0.681. The van der Waals surface area contributed by atoms with Gasteiger partial charge in [0.25, 0.3) is 0 Å². The molecule has 1 saturated heterocycles. The van der Waals surface area contributed by atoms with E-state index in [-0.39, 0.29) is 23.9 Å². The van der Waals surface area contributed by atoms with E-state index in [1.54, 1.807) is 11.7 Å². The molecule has 0 bridgehead atoms. The number of alkyl carbamates (subject to hydrolysis) is 1. The molecule has 0 radical (unpaired) electrons. The fraction of sp³-hybridized carbons (Fsp3) is 0.436. The number of nitrogens with one attached hydrogen (secondary N) is 2. The topological polar surface area (TPSA) is 123 Å². The minimum absolute atomic E-state index is 0.0184. The van der Waals surface area contributed by atoms with Gasteiger partial charge in [-0.1, -0.05) is 36.4 Å². The van der Waals surface area contributed by atoms with Crippen LogP contribution in [0.5, 0.6) is 0 Å². The molecule has 1 aliphatic heterocycles. The Morgan fingerprint density at radius 1 is 1.04 bits per heavy atom. The first-order valence-electron chi connectivity index (χ1n) is 17.5. The molecule has 2 atom stereocenters. The number of amides is 2. The molecular formula is C39H48N6O5. The first-order chi connectivity index (χ1) is 24.0. The quantitative estimate of drug-likeness (QED) is 0.159. The number of carbonyl (C=O) groups excluding carboxylic acids is 2. The lowest BCUT2D eigenvalue weighted by Gasteiger charge is -2.34. The Bertz CT molecular complexity index is 2020. The van der Waals surface area contributed by atoms with Crippen LogP contribution in [0.1, 0.15) is 69.3 Å². The van der Waals surface area contributed by atoms with Crippen molar-refractivity contribution in [2.75, 3.05) is 26.8 Å². The van der Waals surface area contributed by atoms with Crippen molar-refractivity contribution in [1.82, 2.24) is 29.3 Å². The number of carbonyl (C=O) groups is 2. The molecule has 1 fully saturated rings. The normalized spacial score (nSPS) is 15.8. The lowest BCUT2D eigenvalue weighted by molar-refractivity contribution is -0.133. The summed E-state index contributed by atoms with van der Waals surface area (Å²) in [6.07, 6.45) is 2.67. The summed E-state index contributed by atoms with van der Waals surface area (Å²) in [5.74, 6) is 1.09. The van der Waals surface area contributed by atoms with Gasteiger partial charge in [-0.05, 0) is 94.8 Å². The van der Waals surface area contributed by atoms with Gasteiger partial charge in [0.1, 0.15) is 11.4 Å². The molecule has 11 nitrogen and oxygen atoms in total. The average Bonchev–Trinajstić information content (AvgIpc) is 3.62. The number of H-pyrrole nitrogens is 1. The van der Waals surface area contributed by atoms with Gasteiger partial charge in [0.15, 0.2) is 0 Å². The molecule has 2 aromatic heterocycles. The zero-order valence-corrected chi connectivity index (χ0v) is 29.7. The van der Waals surface area contributed by atoms with Gasteiger partial charge in [0.05, 0.1) is 27.8 Å². The van der Waals surface area contributed by atoms with Crippen LogP contribution in [0.4, 0.5) is 4.79 Å². The molecule has 0 spiro atoms. The first kappa shape index (κ1) is 34.9. The number of rotatable bonds is 11. The smallest absolute Gasteiger partial charge is 0.407 e. The number of piperidine rings is 1. The summed E-state index contributed by atoms with van der Waals surface area (Å²) >= 11 is 0. The number of hydrogen-bond acceptors (Lipinski definition) is 6. The van der Waals surface area contributed by atoms with Gasteiger partial charge in [0.2, 0.25) is 5.91 Å². The van der Waals surface area contributed by atoms with Crippen LogP contribution in [0.3, 0.4) is 0 Å². The van der Waals surface area contributed by atoms with Gasteiger partial charge in [-0.15, -0.1) is 0 Å². The Morgan fingerprint density at radius 3 is 2.56 bits per heavy atom. The van der Waals surface area contributed by atoms with E-state index in [9.17, 15) is 14.4 Å². The van der Waals surface area contributed by atoms with E-state index in [0.717, 1.165) is 70.5 Å². The standard InChI is InChI=1S/C39H48N6O5/c1-26-11-8-15-33-35(26)42-37(47)45(33)30-18-16-27(17-19-30)23-29(40-38(48)50-39(2,3)4)24-34(46)43-20-9-12-28(25-43)36-41-31-13-6-7-14-32(31)44(36)21-10-22-49-5/h6-8,11,13-19,28-29H,9-10,12,20-25H2,1-5H3,(H,40,48)(H,42,47). The Balaban J connectivity index is 1.19. The summed E-state index contributed by atoms with van der Waals surface area (Å²) in [5.41, 5.74) is 5.44. The summed E-state index contributed by atoms with van der Waals surface area (Å²) in [7, 11) is 1.71. The van der Waals surface area contributed by atoms with Crippen LogP contribution in [0.25, 0.3) is 27.8 Å². The maximum absolute atomic E-state index is 14.0. The number of hydrogen-bond donors (Lipinski definition) is 2. The van der Waals surface area contributed by atoms with E-state index in [4.69, 9.17) is 14.5 Å². The minimum Gasteiger partial charge on any atom is -0.444 e. The van der Waals surface area contributed by atoms with Crippen LogP contribution in [0, 0.1) is 6.92 Å². The third-order valence-electron chi connectivity index (χ3n) is 9.30. The maximum Gasteiger partial charge on any atom is 0.407 e. The van der Waals surface area contributed by atoms with Crippen LogP contribution >= 0.6 is 0 Å². The SMILES string of the molecule is COCCCn1c(C2CCCN(C(=O)CC(Cc3ccc(-n4c(=O)[nH]c5c(C)cccc54)cc3)NC(=O)OC(C)(C)C)C2)nc2ccccc21. The molecule has 2 unspecified atom stereocenters. The summed E-state index contributed by atoms with van der Waals surface area (Å²) in [4.78, 5) is 49.7. The molecule has 3 aromatic carbocycles. The molecule has 3 heterocycles. The third-order valence-corrected chi connectivity index (χ3v) is 9.30. The second-order valence-electron chi connectivity index (χ2n) is 14.3. The van der Waals surface area contributed by atoms with Crippen molar-refractivity contribution in [1.29, 1.82) is 0 Å². The largest absolute Gasteiger partial charge is 0.444 e. The second-order valence-corrected chi connectivity index (χ2v) is 14.3. The number of methoxy groups -OCH3 is 1. The summed E-state index contributed by atoms with van der Waals surface area (Å²) in [6.45, 7) is 10.1. The Labute approximate surface area is 292 Å². The highest BCUT2D eigenvalue weighted by Gasteiger charge is 2.30. The van der Waals surface area contributed by atoms with Gasteiger partial charge in [-0.3, -0.25) is 9.36 Å². The number of aromatic amines is 1. The van der Waals surface area contributed by atoms with E-state index >= 15 is 0 Å². The number of aromatic nitrogens is 4. The number of benzene rings is 3. The summed E-state index contributed by atoms with van der Waals surface area (Å²) in [5, 5.41) is 2.98. The van der Waals surface area contributed by atoms with Crippen LogP contribution in [0.2, 0.25) is 0 Å². The van der Waals surface area contributed by atoms with Gasteiger partial charge in [-0.25, -0.2) is 14.6 Å². The lowest BCUT2D eigenvalue weighted by Crippen LogP contribution is -2.46. The highest BCUT2D eigenvalue weighted by Crippen LogP contribution is 2.30. The van der Waals surface area contributed by atoms with Crippen LogP contribution in [-0.4, -0.2) is 74.5 Å². The van der Waals surface area contributed by atoms with Crippen molar-refractivity contribution in [3.05, 3.63) is 94.2 Å². The number of nitrogens with zero attached hydrogens (tertiary/aromatic N) is 4. The fourth-order valence-corrected chi connectivity index (χ4v) is 7.01. The third kappa shape index (κ3) is 7.94. The number of likely N-dealkylation sites (tertiary alicyclic amines) is 1. The van der Waals surface area contributed by atoms with E-state index in [1.165, 1.54) is 0 Å².